The first-order valence-corrected chi connectivity index (χ1v) is 9.80. The Labute approximate surface area is 164 Å². The third-order valence-corrected chi connectivity index (χ3v) is 5.70. The van der Waals surface area contributed by atoms with Crippen molar-refractivity contribution in [2.45, 2.75) is 32.6 Å². The third kappa shape index (κ3) is 3.88. The summed E-state index contributed by atoms with van der Waals surface area (Å²) in [7, 11) is 0. The minimum Gasteiger partial charge on any atom is -0.350 e. The predicted octanol–water partition coefficient (Wildman–Crippen LogP) is 3.12. The fourth-order valence-corrected chi connectivity index (χ4v) is 4.15. The van der Waals surface area contributed by atoms with E-state index in [2.05, 4.69) is 5.10 Å². The Balaban J connectivity index is 1.44. The van der Waals surface area contributed by atoms with Crippen molar-refractivity contribution in [1.82, 2.24) is 14.7 Å². The Kier molecular flexibility index (Phi) is 5.48. The Bertz CT molecular complexity index is 794. The zero-order chi connectivity index (χ0) is 18.8. The molecule has 0 radical (unpaired) electrons. The number of amides is 1. The minimum atomic E-state index is -0.110. The summed E-state index contributed by atoms with van der Waals surface area (Å²) in [6, 6.07) is 9.97. The van der Waals surface area contributed by atoms with Gasteiger partial charge < -0.3 is 14.4 Å². The minimum absolute atomic E-state index is 0.0384. The summed E-state index contributed by atoms with van der Waals surface area (Å²) in [5.74, 6) is 0.317. The smallest absolute Gasteiger partial charge is 0.258 e. The SMILES string of the molecule is Cc1nn(Cc2ccccc2)c(Cl)c1C(=O)N1CCC(C2OCCO2)CC1. The van der Waals surface area contributed by atoms with Crippen LogP contribution in [0.5, 0.6) is 0 Å². The second-order valence-electron chi connectivity index (χ2n) is 7.13. The van der Waals surface area contributed by atoms with Crippen molar-refractivity contribution in [1.29, 1.82) is 0 Å². The molecule has 0 spiro atoms. The van der Waals surface area contributed by atoms with Crippen LogP contribution in [0.3, 0.4) is 0 Å². The maximum absolute atomic E-state index is 13.1. The van der Waals surface area contributed by atoms with Gasteiger partial charge in [0.1, 0.15) is 5.15 Å². The number of rotatable bonds is 4. The number of likely N-dealkylation sites (tertiary alicyclic amines) is 1. The normalized spacial score (nSPS) is 19.0. The monoisotopic (exact) mass is 389 g/mol. The number of aromatic nitrogens is 2. The average molecular weight is 390 g/mol. The molecule has 2 saturated heterocycles. The molecule has 0 N–H and O–H groups in total. The summed E-state index contributed by atoms with van der Waals surface area (Å²) in [5.41, 5.74) is 2.28. The lowest BCUT2D eigenvalue weighted by Crippen LogP contribution is -2.41. The molecule has 0 saturated carbocycles. The van der Waals surface area contributed by atoms with Crippen LogP contribution in [0.15, 0.2) is 30.3 Å². The number of carbonyl (C=O) groups excluding carboxylic acids is 1. The van der Waals surface area contributed by atoms with E-state index in [9.17, 15) is 4.79 Å². The van der Waals surface area contributed by atoms with Gasteiger partial charge in [0.2, 0.25) is 0 Å². The van der Waals surface area contributed by atoms with Crippen molar-refractivity contribution in [3.05, 3.63) is 52.3 Å². The molecule has 1 aromatic carbocycles. The van der Waals surface area contributed by atoms with Gasteiger partial charge in [-0.1, -0.05) is 41.9 Å². The summed E-state index contributed by atoms with van der Waals surface area (Å²) in [5, 5.41) is 4.90. The first kappa shape index (κ1) is 18.5. The van der Waals surface area contributed by atoms with Gasteiger partial charge in [-0.25, -0.2) is 4.68 Å². The van der Waals surface area contributed by atoms with E-state index in [4.69, 9.17) is 21.1 Å². The summed E-state index contributed by atoms with van der Waals surface area (Å²) in [4.78, 5) is 14.9. The Hall–Kier alpha value is -1.89. The number of nitrogens with zero attached hydrogens (tertiary/aromatic N) is 3. The van der Waals surface area contributed by atoms with Crippen molar-refractivity contribution in [2.24, 2.45) is 5.92 Å². The fraction of sp³-hybridized carbons (Fsp3) is 0.500. The van der Waals surface area contributed by atoms with E-state index in [0.717, 1.165) is 18.4 Å². The van der Waals surface area contributed by atoms with Gasteiger partial charge in [0.25, 0.3) is 5.91 Å². The van der Waals surface area contributed by atoms with E-state index >= 15 is 0 Å². The van der Waals surface area contributed by atoms with Gasteiger partial charge in [0, 0.05) is 19.0 Å². The summed E-state index contributed by atoms with van der Waals surface area (Å²) in [6.45, 7) is 5.09. The Morgan fingerprint density at radius 3 is 2.52 bits per heavy atom. The van der Waals surface area contributed by atoms with Crippen molar-refractivity contribution >= 4 is 17.5 Å². The maximum Gasteiger partial charge on any atom is 0.258 e. The molecule has 6 nitrogen and oxygen atoms in total. The molecule has 0 atom stereocenters. The molecule has 2 aromatic rings. The van der Waals surface area contributed by atoms with Gasteiger partial charge in [0.15, 0.2) is 6.29 Å². The molecule has 4 rings (SSSR count). The molecule has 0 bridgehead atoms. The van der Waals surface area contributed by atoms with Gasteiger partial charge in [0.05, 0.1) is 31.0 Å². The molecular formula is C20H24ClN3O3. The lowest BCUT2D eigenvalue weighted by Gasteiger charge is -2.33. The Morgan fingerprint density at radius 2 is 1.85 bits per heavy atom. The highest BCUT2D eigenvalue weighted by Crippen LogP contribution is 2.28. The van der Waals surface area contributed by atoms with Crippen LogP contribution in [-0.2, 0) is 16.0 Å². The summed E-state index contributed by atoms with van der Waals surface area (Å²) >= 11 is 6.54. The van der Waals surface area contributed by atoms with E-state index in [-0.39, 0.29) is 12.2 Å². The van der Waals surface area contributed by atoms with Gasteiger partial charge in [-0.05, 0) is 25.3 Å². The van der Waals surface area contributed by atoms with Crippen molar-refractivity contribution < 1.29 is 14.3 Å². The molecular weight excluding hydrogens is 366 g/mol. The standard InChI is InChI=1S/C20H24ClN3O3/c1-14-17(18(21)24(22-14)13-15-5-3-2-4-6-15)19(25)23-9-7-16(8-10-23)20-26-11-12-27-20/h2-6,16,20H,7-13H2,1H3. The van der Waals surface area contributed by atoms with E-state index in [1.54, 1.807) is 4.68 Å². The van der Waals surface area contributed by atoms with Gasteiger partial charge in [-0.2, -0.15) is 5.10 Å². The second kappa shape index (κ2) is 8.00. The molecule has 144 valence electrons. The van der Waals surface area contributed by atoms with Crippen molar-refractivity contribution in [3.8, 4) is 0 Å². The topological polar surface area (TPSA) is 56.6 Å². The number of benzene rings is 1. The summed E-state index contributed by atoms with van der Waals surface area (Å²) in [6.07, 6.45) is 1.65. The van der Waals surface area contributed by atoms with E-state index in [0.29, 0.717) is 55.2 Å². The molecule has 0 aliphatic carbocycles. The first-order valence-electron chi connectivity index (χ1n) is 9.43. The number of carbonyl (C=O) groups is 1. The number of hydrogen-bond acceptors (Lipinski definition) is 4. The molecule has 2 aliphatic heterocycles. The van der Waals surface area contributed by atoms with Crippen LogP contribution in [0.2, 0.25) is 5.15 Å². The number of halogens is 1. The molecule has 2 aliphatic rings. The zero-order valence-corrected chi connectivity index (χ0v) is 16.2. The van der Waals surface area contributed by atoms with Crippen LogP contribution < -0.4 is 0 Å². The van der Waals surface area contributed by atoms with E-state index in [1.165, 1.54) is 0 Å². The largest absolute Gasteiger partial charge is 0.350 e. The molecule has 7 heteroatoms. The predicted molar refractivity (Wildman–Crippen MR) is 102 cm³/mol. The van der Waals surface area contributed by atoms with Crippen LogP contribution >= 0.6 is 11.6 Å². The molecule has 2 fully saturated rings. The quantitative estimate of drug-likeness (QED) is 0.806. The van der Waals surface area contributed by atoms with Crippen LogP contribution in [0.1, 0.15) is 34.5 Å². The fourth-order valence-electron chi connectivity index (χ4n) is 3.84. The van der Waals surface area contributed by atoms with Gasteiger partial charge in [-0.15, -0.1) is 0 Å². The number of hydrogen-bond donors (Lipinski definition) is 0. The van der Waals surface area contributed by atoms with Crippen molar-refractivity contribution in [2.75, 3.05) is 26.3 Å². The lowest BCUT2D eigenvalue weighted by molar-refractivity contribution is -0.0956. The molecule has 1 amide bonds. The number of aryl methyl sites for hydroxylation is 1. The molecule has 27 heavy (non-hydrogen) atoms. The van der Waals surface area contributed by atoms with Gasteiger partial charge in [-0.3, -0.25) is 4.79 Å². The highest BCUT2D eigenvalue weighted by molar-refractivity contribution is 6.33. The lowest BCUT2D eigenvalue weighted by atomic mass is 9.95. The highest BCUT2D eigenvalue weighted by atomic mass is 35.5. The van der Waals surface area contributed by atoms with E-state index in [1.807, 2.05) is 42.2 Å². The molecule has 3 heterocycles. The van der Waals surface area contributed by atoms with Crippen molar-refractivity contribution in [3.63, 3.8) is 0 Å². The second-order valence-corrected chi connectivity index (χ2v) is 7.49. The Morgan fingerprint density at radius 1 is 1.19 bits per heavy atom. The maximum atomic E-state index is 13.1. The molecule has 0 unspecified atom stereocenters. The van der Waals surface area contributed by atoms with E-state index < -0.39 is 0 Å². The van der Waals surface area contributed by atoms with Crippen LogP contribution in [0, 0.1) is 12.8 Å². The molecule has 1 aromatic heterocycles. The zero-order valence-electron chi connectivity index (χ0n) is 15.4. The van der Waals surface area contributed by atoms with Gasteiger partial charge >= 0.3 is 0 Å². The van der Waals surface area contributed by atoms with Crippen LogP contribution in [0.4, 0.5) is 0 Å². The van der Waals surface area contributed by atoms with Crippen LogP contribution in [-0.4, -0.2) is 53.2 Å². The highest BCUT2D eigenvalue weighted by Gasteiger charge is 2.33. The average Bonchev–Trinajstić information content (AvgIpc) is 3.31. The van der Waals surface area contributed by atoms with Crippen LogP contribution in [0.25, 0.3) is 0 Å². The number of piperidine rings is 1. The number of ether oxygens (including phenoxy) is 2. The third-order valence-electron chi connectivity index (χ3n) is 5.31. The first-order chi connectivity index (χ1) is 13.1. The summed E-state index contributed by atoms with van der Waals surface area (Å²) < 4.78 is 12.9.